The van der Waals surface area contributed by atoms with Crippen LogP contribution in [0.1, 0.15) is 20.1 Å². The topological polar surface area (TPSA) is 54.9 Å². The van der Waals surface area contributed by atoms with Crippen molar-refractivity contribution >= 4 is 51.0 Å². The molecule has 1 N–H and O–H groups in total. The van der Waals surface area contributed by atoms with E-state index in [2.05, 4.69) is 15.5 Å². The zero-order valence-corrected chi connectivity index (χ0v) is 15.4. The first-order valence-corrected chi connectivity index (χ1v) is 9.72. The fourth-order valence-corrected chi connectivity index (χ4v) is 4.72. The minimum Gasteiger partial charge on any atom is -0.330 e. The fourth-order valence-electron chi connectivity index (χ4n) is 2.12. The molecule has 2 heterocycles. The molecule has 0 fully saturated rings. The maximum atomic E-state index is 13.2. The van der Waals surface area contributed by atoms with Gasteiger partial charge in [-0.1, -0.05) is 29.2 Å². The first-order valence-electron chi connectivity index (χ1n) is 7.10. The molecule has 0 amide bonds. The van der Waals surface area contributed by atoms with Gasteiger partial charge in [-0.15, -0.1) is 21.5 Å². The van der Waals surface area contributed by atoms with Gasteiger partial charge < -0.3 is 5.32 Å². The van der Waals surface area contributed by atoms with Crippen LogP contribution in [-0.2, 0) is 0 Å². The van der Waals surface area contributed by atoms with Crippen molar-refractivity contribution in [3.8, 4) is 0 Å². The van der Waals surface area contributed by atoms with Crippen molar-refractivity contribution in [2.45, 2.75) is 18.2 Å². The highest BCUT2D eigenvalue weighted by Crippen LogP contribution is 2.29. The molecule has 3 aromatic rings. The minimum absolute atomic E-state index is 0.0942. The average molecular weight is 380 g/mol. The molecule has 2 aromatic heterocycles. The number of anilines is 2. The summed E-state index contributed by atoms with van der Waals surface area (Å²) < 4.78 is 13.9. The van der Waals surface area contributed by atoms with E-state index in [9.17, 15) is 9.18 Å². The van der Waals surface area contributed by atoms with E-state index in [1.165, 1.54) is 35.2 Å². The van der Waals surface area contributed by atoms with Crippen LogP contribution >= 0.6 is 34.4 Å². The number of hydrogen-bond donors (Lipinski definition) is 1. The van der Waals surface area contributed by atoms with E-state index < -0.39 is 0 Å². The van der Waals surface area contributed by atoms with E-state index in [1.807, 2.05) is 19.9 Å². The zero-order valence-electron chi connectivity index (χ0n) is 13.0. The summed E-state index contributed by atoms with van der Waals surface area (Å²) in [6.07, 6.45) is 0. The number of thiophene rings is 1. The largest absolute Gasteiger partial charge is 0.330 e. The Balaban J connectivity index is 1.60. The molecule has 3 rings (SSSR count). The summed E-state index contributed by atoms with van der Waals surface area (Å²) in [5.74, 6) is 0.105. The minimum atomic E-state index is -0.314. The molecule has 0 unspecified atom stereocenters. The number of benzene rings is 1. The molecule has 0 aliphatic carbocycles. The number of rotatable bonds is 6. The van der Waals surface area contributed by atoms with Gasteiger partial charge in [0.25, 0.3) is 0 Å². The molecule has 0 saturated carbocycles. The van der Waals surface area contributed by atoms with Gasteiger partial charge in [-0.25, -0.2) is 4.39 Å². The molecule has 1 aromatic carbocycles. The standard InChI is InChI=1S/C16H14FN3OS3/c1-9-6-13(10(2)23-9)14(21)8-22-16-20-19-15(24-16)18-12-5-3-4-11(17)7-12/h3-7H,8H2,1-2H3,(H,18,19). The van der Waals surface area contributed by atoms with Crippen LogP contribution in [0.4, 0.5) is 15.2 Å². The smallest absolute Gasteiger partial charge is 0.210 e. The van der Waals surface area contributed by atoms with E-state index in [0.29, 0.717) is 20.9 Å². The summed E-state index contributed by atoms with van der Waals surface area (Å²) in [6.45, 7) is 3.96. The number of nitrogens with zero attached hydrogens (tertiary/aromatic N) is 2. The lowest BCUT2D eigenvalue weighted by atomic mass is 10.2. The molecular weight excluding hydrogens is 365 g/mol. The third-order valence-electron chi connectivity index (χ3n) is 3.15. The van der Waals surface area contributed by atoms with Crippen LogP contribution in [0, 0.1) is 19.7 Å². The number of hydrogen-bond acceptors (Lipinski definition) is 7. The molecular formula is C16H14FN3OS3. The number of carbonyl (C=O) groups excluding carboxylic acids is 1. The second kappa shape index (κ2) is 7.42. The Kier molecular flexibility index (Phi) is 5.27. The summed E-state index contributed by atoms with van der Waals surface area (Å²) in [6, 6.07) is 8.08. The van der Waals surface area contributed by atoms with E-state index in [1.54, 1.807) is 23.5 Å². The van der Waals surface area contributed by atoms with Gasteiger partial charge in [0, 0.05) is 21.0 Å². The highest BCUT2D eigenvalue weighted by atomic mass is 32.2. The third kappa shape index (κ3) is 4.19. The van der Waals surface area contributed by atoms with Gasteiger partial charge in [-0.05, 0) is 38.1 Å². The van der Waals surface area contributed by atoms with E-state index in [0.717, 1.165) is 15.3 Å². The van der Waals surface area contributed by atoms with E-state index >= 15 is 0 Å². The molecule has 0 aliphatic rings. The lowest BCUT2D eigenvalue weighted by Crippen LogP contribution is -2.02. The predicted octanol–water partition coefficient (Wildman–Crippen LogP) is 5.07. The number of Topliss-reactive ketones (excluding diaryl/α,β-unsaturated/α-hetero) is 1. The van der Waals surface area contributed by atoms with Crippen LogP contribution in [0.5, 0.6) is 0 Å². The van der Waals surface area contributed by atoms with Crippen molar-refractivity contribution in [3.05, 3.63) is 51.5 Å². The molecule has 0 bridgehead atoms. The van der Waals surface area contributed by atoms with Crippen molar-refractivity contribution in [2.24, 2.45) is 0 Å². The molecule has 8 heteroatoms. The Hall–Kier alpha value is -1.77. The summed E-state index contributed by atoms with van der Waals surface area (Å²) >= 11 is 4.33. The predicted molar refractivity (Wildman–Crippen MR) is 98.4 cm³/mol. The summed E-state index contributed by atoms with van der Waals surface area (Å²) in [4.78, 5) is 14.5. The maximum Gasteiger partial charge on any atom is 0.210 e. The van der Waals surface area contributed by atoms with Gasteiger partial charge >= 0.3 is 0 Å². The van der Waals surface area contributed by atoms with Gasteiger partial charge in [0.05, 0.1) is 5.75 Å². The second-order valence-corrected chi connectivity index (χ2v) is 8.71. The number of carbonyl (C=O) groups is 1. The van der Waals surface area contributed by atoms with Crippen molar-refractivity contribution in [1.82, 2.24) is 10.2 Å². The summed E-state index contributed by atoms with van der Waals surface area (Å²) in [5, 5.41) is 11.6. The first kappa shape index (κ1) is 17.1. The Bertz CT molecular complexity index is 875. The summed E-state index contributed by atoms with van der Waals surface area (Å²) in [5.41, 5.74) is 1.40. The molecule has 24 heavy (non-hydrogen) atoms. The molecule has 0 atom stereocenters. The quantitative estimate of drug-likeness (QED) is 0.478. The lowest BCUT2D eigenvalue weighted by molar-refractivity contribution is 0.102. The zero-order chi connectivity index (χ0) is 17.1. The number of nitrogens with one attached hydrogen (secondary N) is 1. The Morgan fingerprint density at radius 2 is 2.08 bits per heavy atom. The Morgan fingerprint density at radius 1 is 1.25 bits per heavy atom. The van der Waals surface area contributed by atoms with Gasteiger partial charge in [0.1, 0.15) is 5.82 Å². The number of ketones is 1. The molecule has 124 valence electrons. The molecule has 0 saturated heterocycles. The monoisotopic (exact) mass is 379 g/mol. The van der Waals surface area contributed by atoms with E-state index in [4.69, 9.17) is 0 Å². The van der Waals surface area contributed by atoms with E-state index in [-0.39, 0.29) is 11.6 Å². The average Bonchev–Trinajstić information content (AvgIpc) is 3.11. The van der Waals surface area contributed by atoms with Gasteiger partial charge in [0.2, 0.25) is 5.13 Å². The van der Waals surface area contributed by atoms with Crippen LogP contribution in [0.3, 0.4) is 0 Å². The third-order valence-corrected chi connectivity index (χ3v) is 6.09. The molecule has 4 nitrogen and oxygen atoms in total. The van der Waals surface area contributed by atoms with Gasteiger partial charge in [-0.3, -0.25) is 4.79 Å². The highest BCUT2D eigenvalue weighted by molar-refractivity contribution is 8.01. The highest BCUT2D eigenvalue weighted by Gasteiger charge is 2.14. The molecule has 0 aliphatic heterocycles. The van der Waals surface area contributed by atoms with Crippen molar-refractivity contribution < 1.29 is 9.18 Å². The SMILES string of the molecule is Cc1cc(C(=O)CSc2nnc(Nc3cccc(F)c3)s2)c(C)s1. The van der Waals surface area contributed by atoms with Crippen LogP contribution in [0.15, 0.2) is 34.7 Å². The van der Waals surface area contributed by atoms with Crippen LogP contribution in [0.2, 0.25) is 0 Å². The number of thioether (sulfide) groups is 1. The Morgan fingerprint density at radius 3 is 2.79 bits per heavy atom. The maximum absolute atomic E-state index is 13.2. The summed E-state index contributed by atoms with van der Waals surface area (Å²) in [7, 11) is 0. The van der Waals surface area contributed by atoms with Crippen molar-refractivity contribution in [2.75, 3.05) is 11.1 Å². The van der Waals surface area contributed by atoms with Gasteiger partial charge in [-0.2, -0.15) is 0 Å². The number of aryl methyl sites for hydroxylation is 2. The lowest BCUT2D eigenvalue weighted by Gasteiger charge is -2.00. The van der Waals surface area contributed by atoms with Crippen LogP contribution in [0.25, 0.3) is 0 Å². The van der Waals surface area contributed by atoms with Crippen molar-refractivity contribution in [3.63, 3.8) is 0 Å². The molecule has 0 radical (unpaired) electrons. The Labute approximate surface area is 151 Å². The van der Waals surface area contributed by atoms with Gasteiger partial charge in [0.15, 0.2) is 10.1 Å². The first-order chi connectivity index (χ1) is 11.5. The fraction of sp³-hybridized carbons (Fsp3) is 0.188. The van der Waals surface area contributed by atoms with Crippen molar-refractivity contribution in [1.29, 1.82) is 0 Å². The number of aromatic nitrogens is 2. The second-order valence-electron chi connectivity index (χ2n) is 5.05. The van der Waals surface area contributed by atoms with Crippen LogP contribution < -0.4 is 5.32 Å². The number of halogens is 1. The normalized spacial score (nSPS) is 10.8. The molecule has 0 spiro atoms. The van der Waals surface area contributed by atoms with Crippen LogP contribution in [-0.4, -0.2) is 21.7 Å².